The number of rotatable bonds is 0. The van der Waals surface area contributed by atoms with Crippen molar-refractivity contribution in [1.82, 2.24) is 0 Å². The van der Waals surface area contributed by atoms with Crippen LogP contribution in [-0.4, -0.2) is 5.75 Å². The van der Waals surface area contributed by atoms with Crippen LogP contribution in [0.15, 0.2) is 18.2 Å². The van der Waals surface area contributed by atoms with Gasteiger partial charge in [0, 0.05) is 5.56 Å². The van der Waals surface area contributed by atoms with Crippen molar-refractivity contribution in [2.45, 2.75) is 0 Å². The van der Waals surface area contributed by atoms with E-state index in [1.54, 1.807) is 6.07 Å². The van der Waals surface area contributed by atoms with E-state index >= 15 is 0 Å². The van der Waals surface area contributed by atoms with Crippen molar-refractivity contribution >= 4 is 35.8 Å². The van der Waals surface area contributed by atoms with Crippen LogP contribution in [0.1, 0.15) is 5.56 Å². The third-order valence-electron chi connectivity index (χ3n) is 1.25. The summed E-state index contributed by atoms with van der Waals surface area (Å²) in [7, 11) is 0. The molecular formula is C9H6Cl2S. The quantitative estimate of drug-likeness (QED) is 0.500. The standard InChI is InChI=1S/C9H6Cl2S/c10-8-5-1-3-7(9(8)11)4-2-6-12/h1,3,5,12H,6H2. The Hall–Kier alpha value is -0.290. The third kappa shape index (κ3) is 2.35. The largest absolute Gasteiger partial charge is 0.166 e. The summed E-state index contributed by atoms with van der Waals surface area (Å²) in [6.07, 6.45) is 0. The van der Waals surface area contributed by atoms with E-state index in [4.69, 9.17) is 23.2 Å². The minimum Gasteiger partial charge on any atom is -0.166 e. The average molecular weight is 217 g/mol. The van der Waals surface area contributed by atoms with E-state index in [1.165, 1.54) is 0 Å². The zero-order chi connectivity index (χ0) is 8.97. The van der Waals surface area contributed by atoms with Crippen LogP contribution >= 0.6 is 35.8 Å². The van der Waals surface area contributed by atoms with E-state index in [9.17, 15) is 0 Å². The van der Waals surface area contributed by atoms with E-state index in [-0.39, 0.29) is 0 Å². The highest BCUT2D eigenvalue weighted by Crippen LogP contribution is 2.24. The summed E-state index contributed by atoms with van der Waals surface area (Å²) in [5.41, 5.74) is 0.748. The number of benzene rings is 1. The topological polar surface area (TPSA) is 0 Å². The van der Waals surface area contributed by atoms with Gasteiger partial charge in [0.2, 0.25) is 0 Å². The summed E-state index contributed by atoms with van der Waals surface area (Å²) in [4.78, 5) is 0. The van der Waals surface area contributed by atoms with Gasteiger partial charge < -0.3 is 0 Å². The Morgan fingerprint density at radius 2 is 2.08 bits per heavy atom. The Balaban J connectivity index is 3.08. The van der Waals surface area contributed by atoms with Gasteiger partial charge in [0.25, 0.3) is 0 Å². The Bertz CT molecular complexity index is 336. The molecule has 1 aromatic rings. The van der Waals surface area contributed by atoms with E-state index in [0.717, 1.165) is 5.56 Å². The van der Waals surface area contributed by atoms with Crippen molar-refractivity contribution in [3.63, 3.8) is 0 Å². The number of hydrogen-bond acceptors (Lipinski definition) is 1. The number of hydrogen-bond donors (Lipinski definition) is 1. The minimum absolute atomic E-state index is 0.508. The Morgan fingerprint density at radius 1 is 1.33 bits per heavy atom. The molecule has 0 saturated heterocycles. The maximum Gasteiger partial charge on any atom is 0.0748 e. The molecule has 3 heteroatoms. The lowest BCUT2D eigenvalue weighted by Crippen LogP contribution is -1.77. The monoisotopic (exact) mass is 216 g/mol. The fraction of sp³-hybridized carbons (Fsp3) is 0.111. The van der Waals surface area contributed by atoms with Gasteiger partial charge in [-0.05, 0) is 12.1 Å². The summed E-state index contributed by atoms with van der Waals surface area (Å²) < 4.78 is 0. The van der Waals surface area contributed by atoms with Gasteiger partial charge in [-0.3, -0.25) is 0 Å². The molecule has 0 aliphatic heterocycles. The molecule has 0 radical (unpaired) electrons. The summed E-state index contributed by atoms with van der Waals surface area (Å²) in [5, 5.41) is 1.04. The molecule has 1 rings (SSSR count). The highest BCUT2D eigenvalue weighted by Gasteiger charge is 1.99. The highest BCUT2D eigenvalue weighted by molar-refractivity contribution is 7.80. The van der Waals surface area contributed by atoms with Crippen LogP contribution < -0.4 is 0 Å². The van der Waals surface area contributed by atoms with Gasteiger partial charge in [-0.15, -0.1) is 0 Å². The van der Waals surface area contributed by atoms with Gasteiger partial charge in [-0.2, -0.15) is 12.6 Å². The van der Waals surface area contributed by atoms with Crippen molar-refractivity contribution < 1.29 is 0 Å². The molecule has 0 unspecified atom stereocenters. The van der Waals surface area contributed by atoms with Crippen LogP contribution in [-0.2, 0) is 0 Å². The van der Waals surface area contributed by atoms with Gasteiger partial charge in [0.15, 0.2) is 0 Å². The van der Waals surface area contributed by atoms with Crippen LogP contribution in [0.4, 0.5) is 0 Å². The van der Waals surface area contributed by atoms with E-state index in [2.05, 4.69) is 24.5 Å². The van der Waals surface area contributed by atoms with Gasteiger partial charge in [0.05, 0.1) is 15.8 Å². The molecule has 0 fully saturated rings. The zero-order valence-electron chi connectivity index (χ0n) is 6.14. The lowest BCUT2D eigenvalue weighted by Gasteiger charge is -1.96. The van der Waals surface area contributed by atoms with Crippen molar-refractivity contribution in [2.24, 2.45) is 0 Å². The van der Waals surface area contributed by atoms with E-state index in [1.807, 2.05) is 12.1 Å². The molecule has 0 heterocycles. The maximum absolute atomic E-state index is 5.87. The number of halogens is 2. The van der Waals surface area contributed by atoms with E-state index in [0.29, 0.717) is 15.8 Å². The van der Waals surface area contributed by atoms with Gasteiger partial charge in [-0.1, -0.05) is 41.1 Å². The maximum atomic E-state index is 5.87. The summed E-state index contributed by atoms with van der Waals surface area (Å²) in [6, 6.07) is 5.37. The summed E-state index contributed by atoms with van der Waals surface area (Å²) in [5.74, 6) is 6.18. The molecule has 0 saturated carbocycles. The van der Waals surface area contributed by atoms with Crippen LogP contribution in [0.3, 0.4) is 0 Å². The SMILES string of the molecule is SCC#Cc1cccc(Cl)c1Cl. The fourth-order valence-corrected chi connectivity index (χ4v) is 1.16. The number of thiol groups is 1. The Labute approximate surface area is 87.3 Å². The Morgan fingerprint density at radius 3 is 2.75 bits per heavy atom. The normalized spacial score (nSPS) is 8.92. The first kappa shape index (κ1) is 9.80. The fourth-order valence-electron chi connectivity index (χ4n) is 0.735. The molecule has 1 aromatic carbocycles. The predicted molar refractivity (Wildman–Crippen MR) is 57.2 cm³/mol. The van der Waals surface area contributed by atoms with Crippen LogP contribution in [0.25, 0.3) is 0 Å². The lowest BCUT2D eigenvalue weighted by molar-refractivity contribution is 1.64. The molecule has 0 amide bonds. The van der Waals surface area contributed by atoms with Crippen molar-refractivity contribution in [3.8, 4) is 11.8 Å². The molecule has 0 aliphatic carbocycles. The predicted octanol–water partition coefficient (Wildman–Crippen LogP) is 3.27. The zero-order valence-corrected chi connectivity index (χ0v) is 8.55. The van der Waals surface area contributed by atoms with Gasteiger partial charge in [-0.25, -0.2) is 0 Å². The molecule has 0 bridgehead atoms. The molecular weight excluding hydrogens is 211 g/mol. The molecule has 0 aromatic heterocycles. The smallest absolute Gasteiger partial charge is 0.0748 e. The molecule has 0 nitrogen and oxygen atoms in total. The molecule has 62 valence electrons. The average Bonchev–Trinajstić information content (AvgIpc) is 2.08. The van der Waals surface area contributed by atoms with Crippen LogP contribution in [0.5, 0.6) is 0 Å². The van der Waals surface area contributed by atoms with E-state index < -0.39 is 0 Å². The second kappa shape index (κ2) is 4.67. The molecule has 0 N–H and O–H groups in total. The molecule has 12 heavy (non-hydrogen) atoms. The third-order valence-corrected chi connectivity index (χ3v) is 2.23. The minimum atomic E-state index is 0.508. The first-order valence-electron chi connectivity index (χ1n) is 3.29. The second-order valence-corrected chi connectivity index (χ2v) is 3.16. The molecule has 0 atom stereocenters. The van der Waals surface area contributed by atoms with Gasteiger partial charge >= 0.3 is 0 Å². The Kier molecular flexibility index (Phi) is 3.81. The van der Waals surface area contributed by atoms with Crippen molar-refractivity contribution in [1.29, 1.82) is 0 Å². The van der Waals surface area contributed by atoms with Crippen LogP contribution in [0, 0.1) is 11.8 Å². The summed E-state index contributed by atoms with van der Waals surface area (Å²) in [6.45, 7) is 0. The van der Waals surface area contributed by atoms with Crippen LogP contribution in [0.2, 0.25) is 10.0 Å². The second-order valence-electron chi connectivity index (χ2n) is 2.06. The van der Waals surface area contributed by atoms with Gasteiger partial charge in [0.1, 0.15) is 0 Å². The van der Waals surface area contributed by atoms with Crippen molar-refractivity contribution in [3.05, 3.63) is 33.8 Å². The first-order valence-corrected chi connectivity index (χ1v) is 4.68. The highest BCUT2D eigenvalue weighted by atomic mass is 35.5. The summed E-state index contributed by atoms with van der Waals surface area (Å²) >= 11 is 15.6. The first-order chi connectivity index (χ1) is 5.75. The lowest BCUT2D eigenvalue weighted by atomic mass is 10.2. The molecule has 0 spiro atoms. The molecule has 0 aliphatic rings. The van der Waals surface area contributed by atoms with Crippen molar-refractivity contribution in [2.75, 3.05) is 5.75 Å².